The number of esters is 1. The molecule has 0 aliphatic carbocycles. The normalized spacial score (nSPS) is 9.93. The second kappa shape index (κ2) is 7.29. The van der Waals surface area contributed by atoms with Gasteiger partial charge in [0.2, 0.25) is 0 Å². The first kappa shape index (κ1) is 12.0. The largest absolute Gasteiger partial charge is 0.469 e. The van der Waals surface area contributed by atoms with Crippen LogP contribution >= 0.6 is 11.8 Å². The van der Waals surface area contributed by atoms with Crippen LogP contribution in [0, 0.1) is 0 Å². The number of aromatic nitrogens is 1. The molecule has 0 saturated carbocycles. The van der Waals surface area contributed by atoms with Crippen molar-refractivity contribution in [3.8, 4) is 0 Å². The SMILES string of the molecule is COC(=O)CCCCSc1ccccn1. The fourth-order valence-electron chi connectivity index (χ4n) is 1.08. The summed E-state index contributed by atoms with van der Waals surface area (Å²) in [5.41, 5.74) is 0. The molecule has 0 radical (unpaired) electrons. The molecule has 0 unspecified atom stereocenters. The van der Waals surface area contributed by atoms with Gasteiger partial charge in [-0.3, -0.25) is 4.79 Å². The Morgan fingerprint density at radius 3 is 3.00 bits per heavy atom. The summed E-state index contributed by atoms with van der Waals surface area (Å²) in [6, 6.07) is 5.87. The minimum Gasteiger partial charge on any atom is -0.469 e. The van der Waals surface area contributed by atoms with Crippen molar-refractivity contribution in [1.82, 2.24) is 4.98 Å². The molecule has 0 N–H and O–H groups in total. The lowest BCUT2D eigenvalue weighted by atomic mass is 10.2. The highest BCUT2D eigenvalue weighted by atomic mass is 32.2. The molecular formula is C11H15NO2S. The van der Waals surface area contributed by atoms with Gasteiger partial charge in [0.25, 0.3) is 0 Å². The van der Waals surface area contributed by atoms with Crippen LogP contribution < -0.4 is 0 Å². The predicted molar refractivity (Wildman–Crippen MR) is 60.8 cm³/mol. The molecule has 0 aliphatic rings. The molecule has 0 amide bonds. The maximum atomic E-state index is 10.8. The van der Waals surface area contributed by atoms with Crippen LogP contribution in [-0.2, 0) is 9.53 Å². The molecule has 3 nitrogen and oxygen atoms in total. The van der Waals surface area contributed by atoms with Gasteiger partial charge in [-0.1, -0.05) is 6.07 Å². The highest BCUT2D eigenvalue weighted by Crippen LogP contribution is 2.16. The number of carbonyl (C=O) groups excluding carboxylic acids is 1. The summed E-state index contributed by atoms with van der Waals surface area (Å²) in [5.74, 6) is 0.867. The monoisotopic (exact) mass is 225 g/mol. The standard InChI is InChI=1S/C11H15NO2S/c1-14-11(13)7-3-5-9-15-10-6-2-4-8-12-10/h2,4,6,8H,3,5,7,9H2,1H3. The highest BCUT2D eigenvalue weighted by Gasteiger charge is 1.99. The first-order chi connectivity index (χ1) is 7.33. The van der Waals surface area contributed by atoms with Crippen molar-refractivity contribution in [2.75, 3.05) is 12.9 Å². The maximum absolute atomic E-state index is 10.8. The number of nitrogens with zero attached hydrogens (tertiary/aromatic N) is 1. The van der Waals surface area contributed by atoms with E-state index in [9.17, 15) is 4.79 Å². The number of hydrogen-bond donors (Lipinski definition) is 0. The van der Waals surface area contributed by atoms with E-state index in [0.29, 0.717) is 6.42 Å². The van der Waals surface area contributed by atoms with E-state index in [1.807, 2.05) is 18.2 Å². The molecule has 0 fully saturated rings. The van der Waals surface area contributed by atoms with Crippen LogP contribution in [0.2, 0.25) is 0 Å². The molecule has 1 heterocycles. The van der Waals surface area contributed by atoms with Crippen molar-refractivity contribution >= 4 is 17.7 Å². The molecule has 0 aromatic carbocycles. The summed E-state index contributed by atoms with van der Waals surface area (Å²) < 4.78 is 4.56. The third-order valence-corrected chi connectivity index (χ3v) is 2.92. The van der Waals surface area contributed by atoms with Crippen LogP contribution in [0.25, 0.3) is 0 Å². The molecule has 1 aromatic rings. The summed E-state index contributed by atoms with van der Waals surface area (Å²) in [6.45, 7) is 0. The number of rotatable bonds is 6. The Balaban J connectivity index is 2.05. The van der Waals surface area contributed by atoms with Gasteiger partial charge < -0.3 is 4.74 Å². The van der Waals surface area contributed by atoms with E-state index in [1.165, 1.54) is 7.11 Å². The van der Waals surface area contributed by atoms with E-state index < -0.39 is 0 Å². The number of pyridine rings is 1. The summed E-state index contributed by atoms with van der Waals surface area (Å²) in [4.78, 5) is 15.0. The molecule has 0 bridgehead atoms. The van der Waals surface area contributed by atoms with Crippen molar-refractivity contribution in [2.45, 2.75) is 24.3 Å². The van der Waals surface area contributed by atoms with Gasteiger partial charge in [-0.2, -0.15) is 0 Å². The highest BCUT2D eigenvalue weighted by molar-refractivity contribution is 7.99. The van der Waals surface area contributed by atoms with Gasteiger partial charge in [-0.25, -0.2) is 4.98 Å². The van der Waals surface area contributed by atoms with Gasteiger partial charge >= 0.3 is 5.97 Å². The van der Waals surface area contributed by atoms with Crippen molar-refractivity contribution < 1.29 is 9.53 Å². The average molecular weight is 225 g/mol. The lowest BCUT2D eigenvalue weighted by Gasteiger charge is -2.00. The third kappa shape index (κ3) is 5.42. The molecule has 0 atom stereocenters. The summed E-state index contributed by atoms with van der Waals surface area (Å²) in [6.07, 6.45) is 4.19. The fourth-order valence-corrected chi connectivity index (χ4v) is 1.95. The van der Waals surface area contributed by atoms with E-state index in [4.69, 9.17) is 0 Å². The lowest BCUT2D eigenvalue weighted by molar-refractivity contribution is -0.140. The third-order valence-electron chi connectivity index (χ3n) is 1.89. The number of ether oxygens (including phenoxy) is 1. The molecular weight excluding hydrogens is 210 g/mol. The minimum absolute atomic E-state index is 0.127. The molecule has 15 heavy (non-hydrogen) atoms. The van der Waals surface area contributed by atoms with Crippen LogP contribution in [0.3, 0.4) is 0 Å². The van der Waals surface area contributed by atoms with Gasteiger partial charge in [-0.05, 0) is 30.7 Å². The predicted octanol–water partition coefficient (Wildman–Crippen LogP) is 2.52. The maximum Gasteiger partial charge on any atom is 0.305 e. The molecule has 82 valence electrons. The zero-order valence-electron chi connectivity index (χ0n) is 8.81. The van der Waals surface area contributed by atoms with Gasteiger partial charge in [-0.15, -0.1) is 11.8 Å². The molecule has 1 rings (SSSR count). The van der Waals surface area contributed by atoms with Gasteiger partial charge in [0.05, 0.1) is 12.1 Å². The van der Waals surface area contributed by atoms with E-state index >= 15 is 0 Å². The van der Waals surface area contributed by atoms with Crippen molar-refractivity contribution in [3.05, 3.63) is 24.4 Å². The Morgan fingerprint density at radius 2 is 2.33 bits per heavy atom. The van der Waals surface area contributed by atoms with Crippen molar-refractivity contribution in [2.24, 2.45) is 0 Å². The second-order valence-electron chi connectivity index (χ2n) is 3.05. The van der Waals surface area contributed by atoms with Gasteiger partial charge in [0.1, 0.15) is 0 Å². The van der Waals surface area contributed by atoms with Crippen LogP contribution in [0.4, 0.5) is 0 Å². The summed E-state index contributed by atoms with van der Waals surface area (Å²) in [5, 5.41) is 1.04. The Hall–Kier alpha value is -1.03. The number of unbranched alkanes of at least 4 members (excludes halogenated alkanes) is 1. The first-order valence-corrected chi connectivity index (χ1v) is 5.92. The van der Waals surface area contributed by atoms with Crippen molar-refractivity contribution in [1.29, 1.82) is 0 Å². The number of carbonyl (C=O) groups is 1. The number of thioether (sulfide) groups is 1. The van der Waals surface area contributed by atoms with E-state index in [0.717, 1.165) is 23.6 Å². The smallest absolute Gasteiger partial charge is 0.305 e. The summed E-state index contributed by atoms with van der Waals surface area (Å²) >= 11 is 1.72. The summed E-state index contributed by atoms with van der Waals surface area (Å²) in [7, 11) is 1.42. The lowest BCUT2D eigenvalue weighted by Crippen LogP contribution is -1.99. The minimum atomic E-state index is -0.127. The fraction of sp³-hybridized carbons (Fsp3) is 0.455. The Morgan fingerprint density at radius 1 is 1.47 bits per heavy atom. The molecule has 0 aliphatic heterocycles. The van der Waals surface area contributed by atoms with E-state index in [-0.39, 0.29) is 5.97 Å². The molecule has 0 spiro atoms. The van der Waals surface area contributed by atoms with Gasteiger partial charge in [0, 0.05) is 12.6 Å². The average Bonchev–Trinajstić information content (AvgIpc) is 2.29. The molecule has 1 aromatic heterocycles. The van der Waals surface area contributed by atoms with Gasteiger partial charge in [0.15, 0.2) is 0 Å². The Labute approximate surface area is 94.2 Å². The first-order valence-electron chi connectivity index (χ1n) is 4.93. The van der Waals surface area contributed by atoms with Crippen LogP contribution in [0.1, 0.15) is 19.3 Å². The quantitative estimate of drug-likeness (QED) is 0.423. The van der Waals surface area contributed by atoms with Crippen LogP contribution in [0.15, 0.2) is 29.4 Å². The van der Waals surface area contributed by atoms with Crippen LogP contribution in [0.5, 0.6) is 0 Å². The Kier molecular flexibility index (Phi) is 5.85. The van der Waals surface area contributed by atoms with Crippen molar-refractivity contribution in [3.63, 3.8) is 0 Å². The number of methoxy groups -OCH3 is 1. The molecule has 0 saturated heterocycles. The zero-order chi connectivity index (χ0) is 10.9. The van der Waals surface area contributed by atoms with E-state index in [2.05, 4.69) is 9.72 Å². The zero-order valence-corrected chi connectivity index (χ0v) is 9.63. The molecule has 4 heteroatoms. The second-order valence-corrected chi connectivity index (χ2v) is 4.16. The van der Waals surface area contributed by atoms with Crippen LogP contribution in [-0.4, -0.2) is 23.8 Å². The van der Waals surface area contributed by atoms with E-state index in [1.54, 1.807) is 18.0 Å². The Bertz CT molecular complexity index is 290. The number of hydrogen-bond acceptors (Lipinski definition) is 4. The topological polar surface area (TPSA) is 39.2 Å².